The van der Waals surface area contributed by atoms with E-state index in [1.54, 1.807) is 44.0 Å². The molecule has 2 aliphatic carbocycles. The van der Waals surface area contributed by atoms with E-state index in [9.17, 15) is 4.39 Å². The summed E-state index contributed by atoms with van der Waals surface area (Å²) in [4.78, 5) is 87.7. The summed E-state index contributed by atoms with van der Waals surface area (Å²) in [6.45, 7) is 64.2. The number of nitrogens with two attached hydrogens (primary N) is 4. The first-order valence-corrected chi connectivity index (χ1v) is 44.3. The first kappa shape index (κ1) is 98.4. The number of hydrogen-bond donors (Lipinski definition) is 4. The number of fused-ring (bicyclic) bond motifs is 9. The molecular weight excluding hydrogens is 1710 g/mol. The van der Waals surface area contributed by atoms with Crippen LogP contribution in [0.25, 0.3) is 99.7 Å². The Hall–Kier alpha value is -13.6. The van der Waals surface area contributed by atoms with Gasteiger partial charge in [-0.3, -0.25) is 0 Å². The zero-order chi connectivity index (χ0) is 97.7. The molecule has 18 aromatic rings. The van der Waals surface area contributed by atoms with Crippen LogP contribution in [0, 0.1) is 33.6 Å². The van der Waals surface area contributed by atoms with Crippen molar-refractivity contribution in [1.29, 1.82) is 0 Å². The van der Waals surface area contributed by atoms with Gasteiger partial charge in [-0.2, -0.15) is 29.9 Å². The molecule has 20 rings (SSSR count). The van der Waals surface area contributed by atoms with Crippen molar-refractivity contribution in [1.82, 2.24) is 177 Å². The van der Waals surface area contributed by atoms with Gasteiger partial charge < -0.3 is 36.6 Å². The van der Waals surface area contributed by atoms with Gasteiger partial charge in [0.25, 0.3) is 0 Å². The second-order valence-electron chi connectivity index (χ2n) is 41.7. The molecule has 0 unspecified atom stereocenters. The molecule has 0 aromatic carbocycles. The van der Waals surface area contributed by atoms with Crippen LogP contribution in [-0.2, 0) is 49.9 Å². The lowest BCUT2D eigenvalue weighted by Crippen LogP contribution is -2.23. The maximum atomic E-state index is 13.5. The van der Waals surface area contributed by atoms with Crippen LogP contribution in [0.15, 0.2) is 94.4 Å². The summed E-state index contributed by atoms with van der Waals surface area (Å²) in [5.74, 6) is 3.00. The second kappa shape index (κ2) is 37.2. The van der Waals surface area contributed by atoms with E-state index in [1.165, 1.54) is 67.7 Å². The third-order valence-corrected chi connectivity index (χ3v) is 21.5. The van der Waals surface area contributed by atoms with Crippen molar-refractivity contribution in [3.8, 4) is 0 Å². The van der Waals surface area contributed by atoms with Gasteiger partial charge in [0.2, 0.25) is 5.95 Å². The number of halogens is 2. The van der Waals surface area contributed by atoms with Gasteiger partial charge in [0, 0.05) is 28.5 Å². The molecule has 0 aliphatic heterocycles. The predicted octanol–water partition coefficient (Wildman–Crippen LogP) is 16.3. The predicted molar refractivity (Wildman–Crippen MR) is 518 cm³/mol. The van der Waals surface area contributed by atoms with E-state index in [0.717, 1.165) is 106 Å². The maximum absolute atomic E-state index is 13.5. The minimum absolute atomic E-state index is 0.0178. The van der Waals surface area contributed by atoms with Crippen molar-refractivity contribution >= 4 is 135 Å². The van der Waals surface area contributed by atoms with Crippen molar-refractivity contribution in [3.63, 3.8) is 0 Å². The standard InChI is InChI=1S/2C12H16N4.C11H16N4.C10H15N5.C10H14N4.C9H11ClN4.C9H12FN5.2C9H13N5/c1-12(2,3)16-7-15-10-9(8-4-5-8)13-6-14-11(10)16;1-12(2,3)16-11-9(6-15-16)10(8-4-5-8)13-7-14-11;1-7-9-8(2)14-15(11(3,4)5)10(9)13-6-12-7;1-6-14-7-8(11)12-5-13-9(7)15(6)10(2,3)4;1-7-8-5-13-14(10(2,3)4)9(8)12-6-11-7;1-9(2,3)14-8-6(4-13-14)7(10)11-5-12-8;1-9(2,3)15-8-5(6(10)14-15)7(11)12-4-13-8;1-9(2,3)14-5-13-6-7(10)11-4-12-8(6)14;1-9(2,3)14-8-6(4-13-14)7(10)11-5-12-8/h2*6-8H,4-5H2,1-3H3;6H,1-5H3;5H,1-4H3,(H2,11,12,13);5-6H,1-4H3;4-5H,1-3H3;4H,1-3H3,(H2,11,12,13);2*4-5H,1-3H3,(H2,10,11,12). The average molecular weight is 1830 g/mol. The Labute approximate surface area is 776 Å². The lowest BCUT2D eigenvalue weighted by Gasteiger charge is -2.22. The minimum Gasteiger partial charge on any atom is -0.383 e. The molecular formula is C91H126ClFN40. The lowest BCUT2D eigenvalue weighted by molar-refractivity contribution is 0.351. The van der Waals surface area contributed by atoms with Crippen LogP contribution in [0.4, 0.5) is 27.7 Å². The second-order valence-corrected chi connectivity index (χ2v) is 42.1. The number of anilines is 4. The highest BCUT2D eigenvalue weighted by Crippen LogP contribution is 2.43. The van der Waals surface area contributed by atoms with Crippen LogP contribution in [0.2, 0.25) is 5.15 Å². The Morgan fingerprint density at radius 2 is 0.639 bits per heavy atom. The van der Waals surface area contributed by atoms with E-state index < -0.39 is 5.95 Å². The smallest absolute Gasteiger partial charge is 0.245 e. The third-order valence-electron chi connectivity index (χ3n) is 21.2. The molecule has 42 heteroatoms. The van der Waals surface area contributed by atoms with E-state index in [0.29, 0.717) is 51.1 Å². The molecule has 0 bridgehead atoms. The van der Waals surface area contributed by atoms with Crippen molar-refractivity contribution < 1.29 is 4.39 Å². The molecule has 704 valence electrons. The zero-order valence-corrected chi connectivity index (χ0v) is 83.1. The molecule has 0 spiro atoms. The Bertz CT molecular complexity index is 6580. The molecule has 0 atom stereocenters. The van der Waals surface area contributed by atoms with Crippen LogP contribution in [-0.4, -0.2) is 177 Å². The normalized spacial score (nSPS) is 13.4. The largest absolute Gasteiger partial charge is 0.383 e. The fourth-order valence-corrected chi connectivity index (χ4v) is 14.6. The summed E-state index contributed by atoms with van der Waals surface area (Å²) in [7, 11) is 0. The van der Waals surface area contributed by atoms with Crippen molar-refractivity contribution in [2.75, 3.05) is 22.9 Å². The molecule has 18 aromatic heterocycles. The van der Waals surface area contributed by atoms with E-state index in [4.69, 9.17) is 34.5 Å². The monoisotopic (exact) mass is 1830 g/mol. The fraction of sp³-hybridized carbons (Fsp3) is 0.505. The number of hydrogen-bond acceptors (Lipinski definition) is 31. The number of aromatic nitrogens is 36. The van der Waals surface area contributed by atoms with Gasteiger partial charge >= 0.3 is 0 Å². The molecule has 40 nitrogen and oxygen atoms in total. The van der Waals surface area contributed by atoms with Crippen molar-refractivity contribution in [3.05, 3.63) is 140 Å². The summed E-state index contributed by atoms with van der Waals surface area (Å²) < 4.78 is 30.8. The number of rotatable bonds is 2. The SMILES string of the molecule is CC(C)(C)n1cnc2c(C3CC3)ncnc21.CC(C)(C)n1cnc2c(N)ncnc21.CC(C)(C)n1nc(F)c2c(N)ncnc21.CC(C)(C)n1ncc2c(C3CC3)ncnc21.CC(C)(C)n1ncc2c(Cl)ncnc21.CC(C)(C)n1ncc2c(N)ncnc21.Cc1nc2c(N)ncnc2n1C(C)(C)C.Cc1ncnc2c1c(C)nn2C(C)(C)C.Cc1ncnc2c1cnn2C(C)(C)C. The van der Waals surface area contributed by atoms with E-state index in [2.05, 4.69) is 311 Å². The average Bonchev–Trinajstić information content (AvgIpc) is 1.61. The Balaban J connectivity index is 0.000000135. The van der Waals surface area contributed by atoms with Gasteiger partial charge in [-0.15, -0.1) is 5.10 Å². The molecule has 2 fully saturated rings. The van der Waals surface area contributed by atoms with Crippen molar-refractivity contribution in [2.45, 2.75) is 302 Å². The summed E-state index contributed by atoms with van der Waals surface area (Å²) in [5, 5.41) is 31.1. The molecule has 0 saturated heterocycles. The maximum Gasteiger partial charge on any atom is 0.245 e. The molecule has 0 amide bonds. The first-order valence-electron chi connectivity index (χ1n) is 43.9. The highest BCUT2D eigenvalue weighted by atomic mass is 35.5. The summed E-state index contributed by atoms with van der Waals surface area (Å²) in [5.41, 5.74) is 36.9. The molecule has 18 heterocycles. The van der Waals surface area contributed by atoms with Gasteiger partial charge in [-0.25, -0.2) is 133 Å². The zero-order valence-electron chi connectivity index (χ0n) is 82.3. The summed E-state index contributed by atoms with van der Waals surface area (Å²) in [6.07, 6.45) is 29.4. The Morgan fingerprint density at radius 1 is 0.293 bits per heavy atom. The van der Waals surface area contributed by atoms with Gasteiger partial charge in [0.05, 0.1) is 126 Å². The molecule has 8 N–H and O–H groups in total. The van der Waals surface area contributed by atoms with E-state index >= 15 is 0 Å². The Morgan fingerprint density at radius 3 is 1.12 bits per heavy atom. The molecule has 2 aliphatic rings. The lowest BCUT2D eigenvalue weighted by atomic mass is 10.1. The van der Waals surface area contributed by atoms with Crippen LogP contribution in [0.1, 0.15) is 259 Å². The number of nitrogen functional groups attached to an aromatic ring is 4. The van der Waals surface area contributed by atoms with Crippen LogP contribution in [0.3, 0.4) is 0 Å². The number of aryl methyl sites for hydroxylation is 4. The number of imidazole rings is 3. The van der Waals surface area contributed by atoms with Crippen LogP contribution < -0.4 is 22.9 Å². The van der Waals surface area contributed by atoms with Gasteiger partial charge in [0.1, 0.15) is 96.0 Å². The highest BCUT2D eigenvalue weighted by Gasteiger charge is 2.33. The molecule has 133 heavy (non-hydrogen) atoms. The topological polar surface area (TPSA) is 496 Å². The molecule has 0 radical (unpaired) electrons. The summed E-state index contributed by atoms with van der Waals surface area (Å²) in [6, 6.07) is 0. The molecule has 2 saturated carbocycles. The van der Waals surface area contributed by atoms with Crippen LogP contribution in [0.5, 0.6) is 0 Å². The van der Waals surface area contributed by atoms with E-state index in [1.807, 2.05) is 95.2 Å². The minimum atomic E-state index is -0.627. The van der Waals surface area contributed by atoms with Gasteiger partial charge in [0.15, 0.2) is 68.0 Å². The van der Waals surface area contributed by atoms with E-state index in [-0.39, 0.29) is 61.1 Å². The fourth-order valence-electron chi connectivity index (χ4n) is 14.5. The van der Waals surface area contributed by atoms with Gasteiger partial charge in [-0.1, -0.05) is 11.6 Å². The first-order chi connectivity index (χ1) is 61.9. The number of nitrogens with zero attached hydrogens (tertiary/aromatic N) is 36. The Kier molecular flexibility index (Phi) is 27.5. The summed E-state index contributed by atoms with van der Waals surface area (Å²) >= 11 is 5.92. The third kappa shape index (κ3) is 21.9. The quantitative estimate of drug-likeness (QED) is 0.117. The van der Waals surface area contributed by atoms with Crippen LogP contribution >= 0.6 is 11.6 Å². The van der Waals surface area contributed by atoms with Crippen molar-refractivity contribution in [2.24, 2.45) is 0 Å². The van der Waals surface area contributed by atoms with Gasteiger partial charge in [-0.05, 0) is 240 Å². The highest BCUT2D eigenvalue weighted by molar-refractivity contribution is 6.33.